The summed E-state index contributed by atoms with van der Waals surface area (Å²) in [5, 5.41) is 13.8. The topological polar surface area (TPSA) is 108 Å². The van der Waals surface area contributed by atoms with Gasteiger partial charge >= 0.3 is 5.97 Å². The summed E-state index contributed by atoms with van der Waals surface area (Å²) in [4.78, 5) is 34.8. The number of nitro benzene ring substituents is 1. The van der Waals surface area contributed by atoms with Crippen molar-refractivity contribution in [2.45, 2.75) is 25.8 Å². The first-order valence-corrected chi connectivity index (χ1v) is 9.24. The zero-order valence-electron chi connectivity index (χ0n) is 16.2. The molecule has 1 unspecified atom stereocenters. The van der Waals surface area contributed by atoms with Crippen LogP contribution in [0.25, 0.3) is 0 Å². The number of carbonyl (C=O) groups is 2. The lowest BCUT2D eigenvalue weighted by Gasteiger charge is -2.19. The number of nitrogens with one attached hydrogen (secondary N) is 1. The molecule has 1 aliphatic rings. The summed E-state index contributed by atoms with van der Waals surface area (Å²) in [6.07, 6.45) is 2.05. The predicted molar refractivity (Wildman–Crippen MR) is 105 cm³/mol. The normalized spacial score (nSPS) is 14.0. The van der Waals surface area contributed by atoms with E-state index >= 15 is 0 Å². The fraction of sp³-hybridized carbons (Fsp3) is 0.333. The molecule has 0 bridgehead atoms. The Bertz CT molecular complexity index is 921. The van der Waals surface area contributed by atoms with Crippen LogP contribution in [0.5, 0.6) is 5.75 Å². The average Bonchev–Trinajstić information content (AvgIpc) is 3.55. The lowest BCUT2D eigenvalue weighted by molar-refractivity contribution is -0.385. The van der Waals surface area contributed by atoms with Crippen LogP contribution >= 0.6 is 0 Å². The van der Waals surface area contributed by atoms with Crippen molar-refractivity contribution in [3.8, 4) is 5.75 Å². The maximum Gasteiger partial charge on any atom is 0.338 e. The van der Waals surface area contributed by atoms with E-state index in [-0.39, 0.29) is 17.3 Å². The smallest absolute Gasteiger partial charge is 0.338 e. The largest absolute Gasteiger partial charge is 0.497 e. The highest BCUT2D eigenvalue weighted by atomic mass is 16.6. The number of hydrogen-bond acceptors (Lipinski definition) is 6. The first-order valence-electron chi connectivity index (χ1n) is 9.24. The van der Waals surface area contributed by atoms with Crippen LogP contribution in [0, 0.1) is 23.0 Å². The number of carbonyl (C=O) groups excluding carboxylic acids is 2. The van der Waals surface area contributed by atoms with Gasteiger partial charge in [0.15, 0.2) is 6.61 Å². The lowest BCUT2D eigenvalue weighted by atomic mass is 10.0. The molecule has 1 atom stereocenters. The van der Waals surface area contributed by atoms with Crippen LogP contribution in [0.4, 0.5) is 5.69 Å². The highest BCUT2D eigenvalue weighted by Gasteiger charge is 2.33. The molecular weight excluding hydrogens is 376 g/mol. The van der Waals surface area contributed by atoms with Crippen molar-refractivity contribution in [3.63, 3.8) is 0 Å². The van der Waals surface area contributed by atoms with Crippen LogP contribution in [-0.4, -0.2) is 30.5 Å². The maximum atomic E-state index is 12.3. The predicted octanol–water partition coefficient (Wildman–Crippen LogP) is 3.34. The molecular formula is C21H22N2O6. The van der Waals surface area contributed by atoms with E-state index in [1.807, 2.05) is 24.3 Å². The molecule has 0 heterocycles. The summed E-state index contributed by atoms with van der Waals surface area (Å²) in [6.45, 7) is 1.12. The third-order valence-electron chi connectivity index (χ3n) is 4.85. The quantitative estimate of drug-likeness (QED) is 0.415. The summed E-state index contributed by atoms with van der Waals surface area (Å²) in [6, 6.07) is 11.3. The fourth-order valence-electron chi connectivity index (χ4n) is 3.13. The number of benzene rings is 2. The number of aryl methyl sites for hydroxylation is 1. The number of methoxy groups -OCH3 is 1. The molecule has 1 amide bonds. The third kappa shape index (κ3) is 5.10. The Labute approximate surface area is 168 Å². The van der Waals surface area contributed by atoms with Crippen LogP contribution in [0.2, 0.25) is 0 Å². The van der Waals surface area contributed by atoms with E-state index in [9.17, 15) is 19.7 Å². The Morgan fingerprint density at radius 1 is 1.21 bits per heavy atom. The molecule has 0 radical (unpaired) electrons. The van der Waals surface area contributed by atoms with Gasteiger partial charge in [0.1, 0.15) is 5.75 Å². The number of nitrogens with zero attached hydrogens (tertiary/aromatic N) is 1. The highest BCUT2D eigenvalue weighted by molar-refractivity contribution is 5.91. The monoisotopic (exact) mass is 398 g/mol. The molecule has 3 rings (SSSR count). The number of ether oxygens (including phenoxy) is 2. The molecule has 0 saturated heterocycles. The van der Waals surface area contributed by atoms with Gasteiger partial charge in [0.2, 0.25) is 0 Å². The van der Waals surface area contributed by atoms with Gasteiger partial charge in [-0.25, -0.2) is 4.79 Å². The Kier molecular flexibility index (Phi) is 6.11. The summed E-state index contributed by atoms with van der Waals surface area (Å²) >= 11 is 0. The van der Waals surface area contributed by atoms with E-state index in [0.717, 1.165) is 24.2 Å². The maximum absolute atomic E-state index is 12.3. The fourth-order valence-corrected chi connectivity index (χ4v) is 3.13. The molecule has 1 aliphatic carbocycles. The van der Waals surface area contributed by atoms with E-state index in [4.69, 9.17) is 9.47 Å². The van der Waals surface area contributed by atoms with Gasteiger partial charge in [0.25, 0.3) is 11.6 Å². The van der Waals surface area contributed by atoms with Crippen molar-refractivity contribution in [2.24, 2.45) is 5.92 Å². The SMILES string of the molecule is COc1ccc(C(NC(=O)COC(=O)c2ccc([N+](=O)[O-])c(C)c2)C2CC2)cc1. The molecule has 29 heavy (non-hydrogen) atoms. The average molecular weight is 398 g/mol. The molecule has 0 aliphatic heterocycles. The second-order valence-corrected chi connectivity index (χ2v) is 6.99. The standard InChI is InChI=1S/C21H22N2O6/c1-13-11-16(7-10-18(13)23(26)27)21(25)29-12-19(24)22-20(14-3-4-14)15-5-8-17(28-2)9-6-15/h5-11,14,20H,3-4,12H2,1-2H3,(H,22,24). The van der Waals surface area contributed by atoms with Gasteiger partial charge in [0, 0.05) is 11.6 Å². The Morgan fingerprint density at radius 2 is 1.90 bits per heavy atom. The van der Waals surface area contributed by atoms with Crippen molar-refractivity contribution in [3.05, 3.63) is 69.3 Å². The van der Waals surface area contributed by atoms with Crippen LogP contribution in [-0.2, 0) is 9.53 Å². The van der Waals surface area contributed by atoms with Gasteiger partial charge in [-0.15, -0.1) is 0 Å². The summed E-state index contributed by atoms with van der Waals surface area (Å²) < 4.78 is 10.2. The number of esters is 1. The molecule has 0 spiro atoms. The summed E-state index contributed by atoms with van der Waals surface area (Å²) in [5.41, 5.74) is 1.40. The van der Waals surface area contributed by atoms with Gasteiger partial charge in [-0.3, -0.25) is 14.9 Å². The van der Waals surface area contributed by atoms with Gasteiger partial charge in [-0.1, -0.05) is 12.1 Å². The van der Waals surface area contributed by atoms with Crippen molar-refractivity contribution in [2.75, 3.05) is 13.7 Å². The molecule has 152 valence electrons. The van der Waals surface area contributed by atoms with Gasteiger partial charge < -0.3 is 14.8 Å². The molecule has 8 heteroatoms. The first kappa shape index (κ1) is 20.3. The van der Waals surface area contributed by atoms with Crippen LogP contribution in [0.3, 0.4) is 0 Å². The van der Waals surface area contributed by atoms with E-state index in [2.05, 4.69) is 5.32 Å². The first-order chi connectivity index (χ1) is 13.9. The minimum absolute atomic E-state index is 0.0777. The van der Waals surface area contributed by atoms with Crippen LogP contribution in [0.15, 0.2) is 42.5 Å². The van der Waals surface area contributed by atoms with E-state index in [1.165, 1.54) is 25.1 Å². The summed E-state index contributed by atoms with van der Waals surface area (Å²) in [7, 11) is 1.59. The number of nitro groups is 1. The molecule has 2 aromatic carbocycles. The van der Waals surface area contributed by atoms with Crippen LogP contribution < -0.4 is 10.1 Å². The zero-order valence-corrected chi connectivity index (χ0v) is 16.2. The van der Waals surface area contributed by atoms with Crippen molar-refractivity contribution in [1.82, 2.24) is 5.32 Å². The van der Waals surface area contributed by atoms with Crippen molar-refractivity contribution in [1.29, 1.82) is 0 Å². The van der Waals surface area contributed by atoms with E-state index < -0.39 is 23.4 Å². The summed E-state index contributed by atoms with van der Waals surface area (Å²) in [5.74, 6) is -0.00224. The van der Waals surface area contributed by atoms with Crippen LogP contribution in [0.1, 0.15) is 40.4 Å². The second-order valence-electron chi connectivity index (χ2n) is 6.99. The molecule has 1 saturated carbocycles. The minimum atomic E-state index is -0.703. The second kappa shape index (κ2) is 8.72. The Morgan fingerprint density at radius 3 is 2.45 bits per heavy atom. The Balaban J connectivity index is 1.58. The third-order valence-corrected chi connectivity index (χ3v) is 4.85. The Hall–Kier alpha value is -3.42. The molecule has 2 aromatic rings. The zero-order chi connectivity index (χ0) is 21.0. The molecule has 8 nitrogen and oxygen atoms in total. The lowest BCUT2D eigenvalue weighted by Crippen LogP contribution is -2.33. The number of rotatable bonds is 8. The van der Waals surface area contributed by atoms with E-state index in [1.54, 1.807) is 7.11 Å². The number of hydrogen-bond donors (Lipinski definition) is 1. The number of amides is 1. The highest BCUT2D eigenvalue weighted by Crippen LogP contribution is 2.41. The molecule has 1 N–H and O–H groups in total. The minimum Gasteiger partial charge on any atom is -0.497 e. The van der Waals surface area contributed by atoms with Crippen molar-refractivity contribution >= 4 is 17.6 Å². The molecule has 0 aromatic heterocycles. The van der Waals surface area contributed by atoms with Gasteiger partial charge in [-0.05, 0) is 55.5 Å². The molecule has 1 fully saturated rings. The van der Waals surface area contributed by atoms with Gasteiger partial charge in [0.05, 0.1) is 23.6 Å². The van der Waals surface area contributed by atoms with Crippen molar-refractivity contribution < 1.29 is 24.0 Å². The van der Waals surface area contributed by atoms with E-state index in [0.29, 0.717) is 11.5 Å². The van der Waals surface area contributed by atoms with Gasteiger partial charge in [-0.2, -0.15) is 0 Å².